The summed E-state index contributed by atoms with van der Waals surface area (Å²) in [5.74, 6) is 0.266. The Morgan fingerprint density at radius 3 is 2.69 bits per heavy atom. The predicted octanol–water partition coefficient (Wildman–Crippen LogP) is 2.25. The molecule has 1 aromatic carbocycles. The molecule has 0 aliphatic carbocycles. The van der Waals surface area contributed by atoms with E-state index in [1.807, 2.05) is 18.2 Å². The second kappa shape index (κ2) is 5.46. The van der Waals surface area contributed by atoms with E-state index in [9.17, 15) is 5.11 Å². The van der Waals surface area contributed by atoms with Crippen molar-refractivity contribution < 1.29 is 5.11 Å². The zero-order valence-corrected chi connectivity index (χ0v) is 9.97. The third-order valence-corrected chi connectivity index (χ3v) is 3.64. The highest BCUT2D eigenvalue weighted by Crippen LogP contribution is 2.22. The molecule has 0 spiro atoms. The minimum absolute atomic E-state index is 0.243. The van der Waals surface area contributed by atoms with Crippen molar-refractivity contribution in [3.8, 4) is 0 Å². The molecule has 1 saturated heterocycles. The monoisotopic (exact) mass is 219 g/mol. The topological polar surface area (TPSA) is 23.5 Å². The molecule has 1 aromatic rings. The highest BCUT2D eigenvalue weighted by Gasteiger charge is 2.23. The van der Waals surface area contributed by atoms with Crippen molar-refractivity contribution in [1.29, 1.82) is 0 Å². The SMILES string of the molecule is C[C@H]1CCCN1C[C@H](CO)c1ccccc1. The highest BCUT2D eigenvalue weighted by molar-refractivity contribution is 5.20. The van der Waals surface area contributed by atoms with Crippen LogP contribution in [-0.2, 0) is 0 Å². The van der Waals surface area contributed by atoms with Crippen molar-refractivity contribution in [1.82, 2.24) is 4.90 Å². The van der Waals surface area contributed by atoms with Crippen LogP contribution in [-0.4, -0.2) is 35.7 Å². The molecule has 2 heteroatoms. The Morgan fingerprint density at radius 1 is 1.38 bits per heavy atom. The largest absolute Gasteiger partial charge is 0.396 e. The second-order valence-corrected chi connectivity index (χ2v) is 4.78. The van der Waals surface area contributed by atoms with Crippen LogP contribution >= 0.6 is 0 Å². The number of hydrogen-bond acceptors (Lipinski definition) is 2. The first kappa shape index (κ1) is 11.6. The number of aliphatic hydroxyl groups excluding tert-OH is 1. The van der Waals surface area contributed by atoms with Gasteiger partial charge in [-0.2, -0.15) is 0 Å². The van der Waals surface area contributed by atoms with Gasteiger partial charge in [0.05, 0.1) is 6.61 Å². The van der Waals surface area contributed by atoms with E-state index in [1.54, 1.807) is 0 Å². The first-order chi connectivity index (χ1) is 7.81. The van der Waals surface area contributed by atoms with Gasteiger partial charge in [-0.15, -0.1) is 0 Å². The van der Waals surface area contributed by atoms with Crippen LogP contribution in [0.15, 0.2) is 30.3 Å². The molecular weight excluding hydrogens is 198 g/mol. The Morgan fingerprint density at radius 2 is 2.12 bits per heavy atom. The average molecular weight is 219 g/mol. The van der Waals surface area contributed by atoms with E-state index in [-0.39, 0.29) is 12.5 Å². The van der Waals surface area contributed by atoms with Crippen LogP contribution in [0.1, 0.15) is 31.2 Å². The zero-order chi connectivity index (χ0) is 11.4. The van der Waals surface area contributed by atoms with Crippen molar-refractivity contribution in [2.24, 2.45) is 0 Å². The summed E-state index contributed by atoms with van der Waals surface area (Å²) in [5, 5.41) is 9.50. The molecule has 0 bridgehead atoms. The number of hydrogen-bond donors (Lipinski definition) is 1. The molecule has 1 aliphatic rings. The molecule has 0 radical (unpaired) electrons. The molecular formula is C14H21NO. The van der Waals surface area contributed by atoms with Crippen molar-refractivity contribution in [3.63, 3.8) is 0 Å². The van der Waals surface area contributed by atoms with E-state index in [0.29, 0.717) is 6.04 Å². The fraction of sp³-hybridized carbons (Fsp3) is 0.571. The summed E-state index contributed by atoms with van der Waals surface area (Å²) < 4.78 is 0. The van der Waals surface area contributed by atoms with E-state index >= 15 is 0 Å². The van der Waals surface area contributed by atoms with Gasteiger partial charge in [0, 0.05) is 18.5 Å². The smallest absolute Gasteiger partial charge is 0.0512 e. The maximum absolute atomic E-state index is 9.50. The van der Waals surface area contributed by atoms with Gasteiger partial charge >= 0.3 is 0 Å². The fourth-order valence-electron chi connectivity index (χ4n) is 2.54. The quantitative estimate of drug-likeness (QED) is 0.839. The molecule has 0 amide bonds. The van der Waals surface area contributed by atoms with Crippen LogP contribution in [0.3, 0.4) is 0 Å². The summed E-state index contributed by atoms with van der Waals surface area (Å²) in [6, 6.07) is 11.0. The van der Waals surface area contributed by atoms with Crippen LogP contribution in [0.4, 0.5) is 0 Å². The average Bonchev–Trinajstić information content (AvgIpc) is 2.73. The molecule has 0 saturated carbocycles. The Balaban J connectivity index is 2.00. The summed E-state index contributed by atoms with van der Waals surface area (Å²) in [6.45, 7) is 4.70. The Labute approximate surface area is 97.9 Å². The number of nitrogens with zero attached hydrogens (tertiary/aromatic N) is 1. The summed E-state index contributed by atoms with van der Waals surface area (Å²) >= 11 is 0. The maximum atomic E-state index is 9.50. The molecule has 0 unspecified atom stereocenters. The van der Waals surface area contributed by atoms with Crippen LogP contribution in [0, 0.1) is 0 Å². The first-order valence-corrected chi connectivity index (χ1v) is 6.21. The molecule has 1 aliphatic heterocycles. The van der Waals surface area contributed by atoms with Crippen molar-refractivity contribution in [2.75, 3.05) is 19.7 Å². The van der Waals surface area contributed by atoms with Gasteiger partial charge in [-0.1, -0.05) is 30.3 Å². The lowest BCUT2D eigenvalue weighted by atomic mass is 9.99. The molecule has 1 N–H and O–H groups in total. The molecule has 16 heavy (non-hydrogen) atoms. The molecule has 1 fully saturated rings. The number of rotatable bonds is 4. The van der Waals surface area contributed by atoms with Gasteiger partial charge in [0.15, 0.2) is 0 Å². The van der Waals surface area contributed by atoms with Crippen LogP contribution in [0.5, 0.6) is 0 Å². The normalized spacial score (nSPS) is 23.5. The van der Waals surface area contributed by atoms with Crippen molar-refractivity contribution in [2.45, 2.75) is 31.7 Å². The van der Waals surface area contributed by atoms with Gasteiger partial charge in [-0.05, 0) is 31.9 Å². The molecule has 1 heterocycles. The van der Waals surface area contributed by atoms with Gasteiger partial charge in [-0.25, -0.2) is 0 Å². The van der Waals surface area contributed by atoms with E-state index < -0.39 is 0 Å². The minimum atomic E-state index is 0.243. The van der Waals surface area contributed by atoms with Gasteiger partial charge < -0.3 is 5.11 Å². The van der Waals surface area contributed by atoms with Crippen LogP contribution in [0.25, 0.3) is 0 Å². The van der Waals surface area contributed by atoms with Crippen LogP contribution < -0.4 is 0 Å². The summed E-state index contributed by atoms with van der Waals surface area (Å²) in [5.41, 5.74) is 1.25. The minimum Gasteiger partial charge on any atom is -0.396 e. The van der Waals surface area contributed by atoms with E-state index in [0.717, 1.165) is 6.54 Å². The standard InChI is InChI=1S/C14H21NO/c1-12-6-5-9-15(12)10-14(11-16)13-7-3-2-4-8-13/h2-4,7-8,12,14,16H,5-6,9-11H2,1H3/t12-,14+/m0/s1. The Kier molecular flexibility index (Phi) is 3.97. The molecule has 0 aromatic heterocycles. The van der Waals surface area contributed by atoms with E-state index in [1.165, 1.54) is 24.9 Å². The van der Waals surface area contributed by atoms with Crippen LogP contribution in [0.2, 0.25) is 0 Å². The third-order valence-electron chi connectivity index (χ3n) is 3.64. The lowest BCUT2D eigenvalue weighted by Gasteiger charge is -2.26. The number of likely N-dealkylation sites (tertiary alicyclic amines) is 1. The van der Waals surface area contributed by atoms with Gasteiger partial charge in [-0.3, -0.25) is 4.90 Å². The van der Waals surface area contributed by atoms with Crippen molar-refractivity contribution >= 4 is 0 Å². The maximum Gasteiger partial charge on any atom is 0.0512 e. The lowest BCUT2D eigenvalue weighted by molar-refractivity contribution is 0.196. The summed E-state index contributed by atoms with van der Waals surface area (Å²) in [6.07, 6.45) is 2.60. The molecule has 2 atom stereocenters. The highest BCUT2D eigenvalue weighted by atomic mass is 16.3. The zero-order valence-electron chi connectivity index (χ0n) is 9.97. The van der Waals surface area contributed by atoms with Gasteiger partial charge in [0.1, 0.15) is 0 Å². The predicted molar refractivity (Wildman–Crippen MR) is 66.5 cm³/mol. The fourth-order valence-corrected chi connectivity index (χ4v) is 2.54. The summed E-state index contributed by atoms with van der Waals surface area (Å²) in [4.78, 5) is 2.49. The summed E-state index contributed by atoms with van der Waals surface area (Å²) in [7, 11) is 0. The number of benzene rings is 1. The Bertz CT molecular complexity index is 312. The molecule has 2 nitrogen and oxygen atoms in total. The van der Waals surface area contributed by atoms with Gasteiger partial charge in [0.25, 0.3) is 0 Å². The molecule has 88 valence electrons. The number of aliphatic hydroxyl groups is 1. The van der Waals surface area contributed by atoms with E-state index in [4.69, 9.17) is 0 Å². The van der Waals surface area contributed by atoms with Gasteiger partial charge in [0.2, 0.25) is 0 Å². The molecule has 2 rings (SSSR count). The second-order valence-electron chi connectivity index (χ2n) is 4.78. The lowest BCUT2D eigenvalue weighted by Crippen LogP contribution is -2.32. The Hall–Kier alpha value is -0.860. The first-order valence-electron chi connectivity index (χ1n) is 6.21. The van der Waals surface area contributed by atoms with Crippen molar-refractivity contribution in [3.05, 3.63) is 35.9 Å². The third kappa shape index (κ3) is 2.63. The van der Waals surface area contributed by atoms with E-state index in [2.05, 4.69) is 24.0 Å².